The molecule has 0 atom stereocenters. The van der Waals surface area contributed by atoms with Gasteiger partial charge >= 0.3 is 0 Å². The Morgan fingerprint density at radius 1 is 1.02 bits per heavy atom. The van der Waals surface area contributed by atoms with Gasteiger partial charge in [-0.2, -0.15) is 5.10 Å². The van der Waals surface area contributed by atoms with E-state index in [1.807, 2.05) is 17.5 Å². The number of nitrogens with zero attached hydrogens (tertiary/aromatic N) is 5. The van der Waals surface area contributed by atoms with E-state index in [2.05, 4.69) is 55.2 Å². The Bertz CT molecular complexity index is 1440. The van der Waals surface area contributed by atoms with Crippen LogP contribution < -0.4 is 10.4 Å². The third-order valence-corrected chi connectivity index (χ3v) is 9.08. The lowest BCUT2D eigenvalue weighted by molar-refractivity contribution is -0.129. The summed E-state index contributed by atoms with van der Waals surface area (Å²) >= 11 is 1.83. The summed E-state index contributed by atoms with van der Waals surface area (Å²) in [6.07, 6.45) is 5.19. The Hall–Kier alpha value is -3.09. The van der Waals surface area contributed by atoms with Gasteiger partial charge in [0.05, 0.1) is 30.6 Å². The van der Waals surface area contributed by atoms with E-state index in [1.54, 1.807) is 5.48 Å². The minimum absolute atomic E-state index is 0.300. The summed E-state index contributed by atoms with van der Waals surface area (Å²) in [4.78, 5) is 25.0. The predicted molar refractivity (Wildman–Crippen MR) is 158 cm³/mol. The molecular weight excluding hydrogens is 526 g/mol. The highest BCUT2D eigenvalue weighted by molar-refractivity contribution is 7.22. The van der Waals surface area contributed by atoms with Gasteiger partial charge < -0.3 is 14.5 Å². The molecule has 0 spiro atoms. The first-order valence-electron chi connectivity index (χ1n) is 14.2. The van der Waals surface area contributed by atoms with Gasteiger partial charge in [0.15, 0.2) is 0 Å². The lowest BCUT2D eigenvalue weighted by Gasteiger charge is -2.35. The number of fused-ring (bicyclic) bond motifs is 2. The van der Waals surface area contributed by atoms with Crippen molar-refractivity contribution in [2.75, 3.05) is 63.9 Å². The molecule has 3 N–H and O–H groups in total. The first-order chi connectivity index (χ1) is 19.7. The van der Waals surface area contributed by atoms with Crippen LogP contribution in [0.1, 0.15) is 31.4 Å². The van der Waals surface area contributed by atoms with E-state index in [-0.39, 0.29) is 5.91 Å². The molecular formula is C29H37N7O3S. The molecule has 0 bridgehead atoms. The van der Waals surface area contributed by atoms with E-state index in [4.69, 9.17) is 14.9 Å². The van der Waals surface area contributed by atoms with Crippen molar-refractivity contribution in [3.8, 4) is 10.4 Å². The van der Waals surface area contributed by atoms with Crippen molar-refractivity contribution in [3.05, 3.63) is 42.2 Å². The number of pyridine rings is 1. The van der Waals surface area contributed by atoms with Crippen molar-refractivity contribution in [1.82, 2.24) is 30.5 Å². The molecule has 0 radical (unpaired) electrons. The van der Waals surface area contributed by atoms with Crippen LogP contribution in [0.25, 0.3) is 31.4 Å². The SMILES string of the molecule is O=C(CCCCCN1CCN(Cc2cc3sc(-c4cccc5[nH]ncc45)cc3c(N3CCOCC3)n2)CC1)NO. The van der Waals surface area contributed by atoms with Gasteiger partial charge in [-0.15, -0.1) is 11.3 Å². The van der Waals surface area contributed by atoms with E-state index >= 15 is 0 Å². The van der Waals surface area contributed by atoms with Gasteiger partial charge in [0, 0.05) is 78.1 Å². The molecule has 2 aliphatic heterocycles. The van der Waals surface area contributed by atoms with E-state index in [0.717, 1.165) is 107 Å². The second kappa shape index (κ2) is 12.6. The summed E-state index contributed by atoms with van der Waals surface area (Å²) in [7, 11) is 0. The van der Waals surface area contributed by atoms with Crippen molar-refractivity contribution in [2.24, 2.45) is 0 Å². The number of ether oxygens (including phenoxy) is 1. The summed E-state index contributed by atoms with van der Waals surface area (Å²) in [5.74, 6) is 0.775. The minimum atomic E-state index is -0.300. The van der Waals surface area contributed by atoms with Crippen molar-refractivity contribution in [2.45, 2.75) is 32.2 Å². The van der Waals surface area contributed by atoms with Gasteiger partial charge in [-0.25, -0.2) is 10.5 Å². The maximum Gasteiger partial charge on any atom is 0.243 e. The van der Waals surface area contributed by atoms with Crippen LogP contribution in [-0.2, 0) is 16.1 Å². The second-order valence-electron chi connectivity index (χ2n) is 10.7. The average molecular weight is 564 g/mol. The molecule has 11 heteroatoms. The Morgan fingerprint density at radius 2 is 1.85 bits per heavy atom. The van der Waals surface area contributed by atoms with Gasteiger partial charge in [-0.1, -0.05) is 18.6 Å². The highest BCUT2D eigenvalue weighted by Crippen LogP contribution is 2.40. The number of nitrogens with one attached hydrogen (secondary N) is 2. The smallest absolute Gasteiger partial charge is 0.243 e. The summed E-state index contributed by atoms with van der Waals surface area (Å²) in [6.45, 7) is 9.24. The number of amides is 1. The Kier molecular flexibility index (Phi) is 8.54. The van der Waals surface area contributed by atoms with Crippen LogP contribution >= 0.6 is 11.3 Å². The third-order valence-electron chi connectivity index (χ3n) is 7.96. The molecule has 212 valence electrons. The normalized spacial score (nSPS) is 17.2. The lowest BCUT2D eigenvalue weighted by Crippen LogP contribution is -2.46. The van der Waals surface area contributed by atoms with Crippen LogP contribution in [0.15, 0.2) is 36.5 Å². The van der Waals surface area contributed by atoms with Gasteiger partial charge in [0.25, 0.3) is 0 Å². The molecule has 3 aromatic heterocycles. The van der Waals surface area contributed by atoms with E-state index in [0.29, 0.717) is 6.42 Å². The maximum absolute atomic E-state index is 11.2. The van der Waals surface area contributed by atoms with Crippen LogP contribution in [0, 0.1) is 0 Å². The molecule has 2 fully saturated rings. The summed E-state index contributed by atoms with van der Waals surface area (Å²) in [6, 6.07) is 10.9. The number of benzene rings is 1. The number of hydrogen-bond acceptors (Lipinski definition) is 9. The lowest BCUT2D eigenvalue weighted by atomic mass is 10.1. The van der Waals surface area contributed by atoms with Crippen molar-refractivity contribution in [1.29, 1.82) is 0 Å². The largest absolute Gasteiger partial charge is 0.378 e. The van der Waals surface area contributed by atoms with E-state index < -0.39 is 0 Å². The molecule has 6 rings (SSSR count). The number of anilines is 1. The van der Waals surface area contributed by atoms with Crippen LogP contribution in [0.3, 0.4) is 0 Å². The Labute approximate surface area is 237 Å². The van der Waals surface area contributed by atoms with Crippen LogP contribution in [0.2, 0.25) is 0 Å². The first-order valence-corrected chi connectivity index (χ1v) is 15.1. The molecule has 0 saturated carbocycles. The summed E-state index contributed by atoms with van der Waals surface area (Å²) in [5.41, 5.74) is 5.08. The molecule has 2 saturated heterocycles. The average Bonchev–Trinajstić information content (AvgIpc) is 3.65. The number of unbranched alkanes of at least 4 members (excludes halogenated alkanes) is 2. The van der Waals surface area contributed by atoms with Crippen molar-refractivity contribution in [3.63, 3.8) is 0 Å². The number of thiophene rings is 1. The number of aromatic nitrogens is 3. The van der Waals surface area contributed by atoms with Gasteiger partial charge in [0.1, 0.15) is 5.82 Å². The number of aromatic amines is 1. The molecule has 1 amide bonds. The van der Waals surface area contributed by atoms with Crippen LogP contribution in [0.5, 0.6) is 0 Å². The van der Waals surface area contributed by atoms with Gasteiger partial charge in [-0.05, 0) is 37.6 Å². The molecule has 2 aliphatic rings. The van der Waals surface area contributed by atoms with E-state index in [9.17, 15) is 4.79 Å². The summed E-state index contributed by atoms with van der Waals surface area (Å²) < 4.78 is 6.92. The van der Waals surface area contributed by atoms with E-state index in [1.165, 1.54) is 20.5 Å². The highest BCUT2D eigenvalue weighted by atomic mass is 32.1. The number of hydroxylamine groups is 1. The number of hydrogen-bond donors (Lipinski definition) is 3. The minimum Gasteiger partial charge on any atom is -0.378 e. The zero-order valence-corrected chi connectivity index (χ0v) is 23.6. The standard InChI is InChI=1S/C29H37N7O3S/c37-28(33-38)7-2-1-3-8-34-9-11-35(12-10-34)20-21-17-26-23(29(31-21)36-13-15-39-16-14-36)18-27(40-26)22-5-4-6-25-24(22)19-30-32-25/h4-6,17-19,38H,1-3,7-16,20H2,(H,30,32)(H,33,37). The summed E-state index contributed by atoms with van der Waals surface area (Å²) in [5, 5.41) is 18.3. The number of piperazine rings is 1. The quantitative estimate of drug-likeness (QED) is 0.152. The molecule has 40 heavy (non-hydrogen) atoms. The highest BCUT2D eigenvalue weighted by Gasteiger charge is 2.22. The molecule has 0 unspecified atom stereocenters. The fraction of sp³-hybridized carbons (Fsp3) is 0.483. The maximum atomic E-state index is 11.2. The number of carbonyl (C=O) groups excluding carboxylic acids is 1. The Balaban J connectivity index is 1.15. The van der Waals surface area contributed by atoms with Crippen LogP contribution in [0.4, 0.5) is 5.82 Å². The number of carbonyl (C=O) groups is 1. The zero-order chi connectivity index (χ0) is 27.3. The molecule has 10 nitrogen and oxygen atoms in total. The molecule has 4 aromatic rings. The topological polar surface area (TPSA) is 110 Å². The predicted octanol–water partition coefficient (Wildman–Crippen LogP) is 3.86. The van der Waals surface area contributed by atoms with Gasteiger partial charge in [-0.3, -0.25) is 20.0 Å². The molecule has 0 aliphatic carbocycles. The monoisotopic (exact) mass is 563 g/mol. The number of rotatable bonds is 10. The fourth-order valence-electron chi connectivity index (χ4n) is 5.73. The second-order valence-corrected chi connectivity index (χ2v) is 11.7. The zero-order valence-electron chi connectivity index (χ0n) is 22.8. The Morgan fingerprint density at radius 3 is 2.67 bits per heavy atom. The number of morpholine rings is 1. The van der Waals surface area contributed by atoms with Crippen LogP contribution in [-0.4, -0.2) is 95.1 Å². The number of H-pyrrole nitrogens is 1. The molecule has 1 aromatic carbocycles. The van der Waals surface area contributed by atoms with Crippen molar-refractivity contribution >= 4 is 44.1 Å². The van der Waals surface area contributed by atoms with Crippen molar-refractivity contribution < 1.29 is 14.7 Å². The fourth-order valence-corrected chi connectivity index (χ4v) is 6.89. The van der Waals surface area contributed by atoms with Gasteiger partial charge in [0.2, 0.25) is 5.91 Å². The molecule has 5 heterocycles. The first kappa shape index (κ1) is 27.1. The third kappa shape index (κ3) is 6.13.